The number of nitrogens with one attached hydrogen (secondary N) is 1. The Kier molecular flexibility index (Phi) is 5.33. The number of benzene rings is 1. The van der Waals surface area contributed by atoms with Crippen LogP contribution in [0.2, 0.25) is 0 Å². The van der Waals surface area contributed by atoms with Crippen LogP contribution in [0.15, 0.2) is 24.3 Å². The number of amides is 1. The van der Waals surface area contributed by atoms with Crippen LogP contribution >= 0.6 is 0 Å². The van der Waals surface area contributed by atoms with Gasteiger partial charge in [-0.25, -0.2) is 0 Å². The lowest BCUT2D eigenvalue weighted by atomic mass is 10.1. The first-order valence-electron chi connectivity index (χ1n) is 8.46. The third kappa shape index (κ3) is 4.23. The van der Waals surface area contributed by atoms with E-state index in [2.05, 4.69) is 17.4 Å². The summed E-state index contributed by atoms with van der Waals surface area (Å²) in [6.45, 7) is 1.36. The summed E-state index contributed by atoms with van der Waals surface area (Å²) < 4.78 is 11.3. The molecule has 0 spiro atoms. The van der Waals surface area contributed by atoms with Crippen LogP contribution in [0.4, 0.5) is 0 Å². The second-order valence-electron chi connectivity index (χ2n) is 6.21. The molecule has 1 heterocycles. The second-order valence-corrected chi connectivity index (χ2v) is 6.21. The molecule has 1 aromatic rings. The first kappa shape index (κ1) is 15.3. The highest BCUT2D eigenvalue weighted by Crippen LogP contribution is 2.24. The lowest BCUT2D eigenvalue weighted by Gasteiger charge is -2.13. The van der Waals surface area contributed by atoms with Crippen molar-refractivity contribution < 1.29 is 14.3 Å². The summed E-state index contributed by atoms with van der Waals surface area (Å²) >= 11 is 0. The topological polar surface area (TPSA) is 47.6 Å². The van der Waals surface area contributed by atoms with E-state index in [4.69, 9.17) is 9.47 Å². The standard InChI is InChI=1S/C18H25NO3/c20-18(17-6-3-13-21-17)19-12-11-14-7-9-16(10-8-14)22-15-4-1-2-5-15/h7-10,15,17H,1-6,11-13H2,(H,19,20). The zero-order chi connectivity index (χ0) is 15.2. The Bertz CT molecular complexity index is 474. The Labute approximate surface area is 132 Å². The lowest BCUT2D eigenvalue weighted by Crippen LogP contribution is -2.35. The van der Waals surface area contributed by atoms with Crippen molar-refractivity contribution >= 4 is 5.91 Å². The Morgan fingerprint density at radius 3 is 2.59 bits per heavy atom. The molecule has 1 aliphatic heterocycles. The number of hydrogen-bond acceptors (Lipinski definition) is 3. The molecule has 1 unspecified atom stereocenters. The van der Waals surface area contributed by atoms with Crippen LogP contribution in [0.3, 0.4) is 0 Å². The second kappa shape index (κ2) is 7.63. The minimum Gasteiger partial charge on any atom is -0.490 e. The van der Waals surface area contributed by atoms with Crippen LogP contribution in [0.1, 0.15) is 44.1 Å². The van der Waals surface area contributed by atoms with Gasteiger partial charge < -0.3 is 14.8 Å². The molecular weight excluding hydrogens is 278 g/mol. The Hall–Kier alpha value is -1.55. The molecular formula is C18H25NO3. The molecule has 1 saturated carbocycles. The van der Waals surface area contributed by atoms with Gasteiger partial charge in [0.2, 0.25) is 5.91 Å². The first-order valence-corrected chi connectivity index (χ1v) is 8.46. The van der Waals surface area contributed by atoms with Gasteiger partial charge in [-0.1, -0.05) is 12.1 Å². The van der Waals surface area contributed by atoms with Crippen molar-refractivity contribution in [1.29, 1.82) is 0 Å². The summed E-state index contributed by atoms with van der Waals surface area (Å²) in [5.41, 5.74) is 1.21. The normalized spacial score (nSPS) is 21.9. The molecule has 4 heteroatoms. The van der Waals surface area contributed by atoms with Crippen molar-refractivity contribution in [1.82, 2.24) is 5.32 Å². The van der Waals surface area contributed by atoms with Crippen LogP contribution < -0.4 is 10.1 Å². The Balaban J connectivity index is 1.39. The molecule has 2 aliphatic rings. The van der Waals surface area contributed by atoms with Gasteiger partial charge in [-0.2, -0.15) is 0 Å². The van der Waals surface area contributed by atoms with Gasteiger partial charge in [-0.3, -0.25) is 4.79 Å². The lowest BCUT2D eigenvalue weighted by molar-refractivity contribution is -0.129. The van der Waals surface area contributed by atoms with Crippen molar-refractivity contribution in [3.8, 4) is 5.75 Å². The summed E-state index contributed by atoms with van der Waals surface area (Å²) in [5, 5.41) is 2.95. The van der Waals surface area contributed by atoms with Gasteiger partial charge in [0.15, 0.2) is 0 Å². The average molecular weight is 303 g/mol. The summed E-state index contributed by atoms with van der Waals surface area (Å²) in [4.78, 5) is 11.8. The van der Waals surface area contributed by atoms with Gasteiger partial charge in [0, 0.05) is 13.2 Å². The minimum atomic E-state index is -0.234. The van der Waals surface area contributed by atoms with E-state index < -0.39 is 0 Å². The van der Waals surface area contributed by atoms with Crippen LogP contribution in [-0.2, 0) is 16.0 Å². The molecule has 1 N–H and O–H groups in total. The molecule has 2 fully saturated rings. The molecule has 1 amide bonds. The average Bonchev–Trinajstić information content (AvgIpc) is 3.22. The molecule has 1 aliphatic carbocycles. The highest BCUT2D eigenvalue weighted by molar-refractivity contribution is 5.80. The summed E-state index contributed by atoms with van der Waals surface area (Å²) in [6, 6.07) is 8.25. The Morgan fingerprint density at radius 1 is 1.14 bits per heavy atom. The SMILES string of the molecule is O=C(NCCc1ccc(OC2CCCC2)cc1)C1CCCO1. The van der Waals surface area contributed by atoms with Gasteiger partial charge in [-0.05, 0) is 62.6 Å². The van der Waals surface area contributed by atoms with Gasteiger partial charge >= 0.3 is 0 Å². The van der Waals surface area contributed by atoms with E-state index in [1.165, 1.54) is 31.2 Å². The van der Waals surface area contributed by atoms with Crippen LogP contribution in [0.5, 0.6) is 5.75 Å². The molecule has 22 heavy (non-hydrogen) atoms. The smallest absolute Gasteiger partial charge is 0.249 e. The number of ether oxygens (including phenoxy) is 2. The molecule has 0 radical (unpaired) electrons. The Morgan fingerprint density at radius 2 is 1.91 bits per heavy atom. The van der Waals surface area contributed by atoms with E-state index >= 15 is 0 Å². The summed E-state index contributed by atoms with van der Waals surface area (Å²) in [5.74, 6) is 0.984. The predicted molar refractivity (Wildman–Crippen MR) is 85.0 cm³/mol. The zero-order valence-corrected chi connectivity index (χ0v) is 13.1. The van der Waals surface area contributed by atoms with E-state index in [9.17, 15) is 4.79 Å². The zero-order valence-electron chi connectivity index (χ0n) is 13.1. The number of carbonyl (C=O) groups is 1. The van der Waals surface area contributed by atoms with Crippen molar-refractivity contribution in [3.05, 3.63) is 29.8 Å². The first-order chi connectivity index (χ1) is 10.8. The third-order valence-electron chi connectivity index (χ3n) is 4.46. The molecule has 1 aromatic carbocycles. The maximum atomic E-state index is 11.8. The largest absolute Gasteiger partial charge is 0.490 e. The van der Waals surface area contributed by atoms with Crippen LogP contribution in [0, 0.1) is 0 Å². The molecule has 3 rings (SSSR count). The van der Waals surface area contributed by atoms with Gasteiger partial charge in [0.05, 0.1) is 6.10 Å². The molecule has 4 nitrogen and oxygen atoms in total. The van der Waals surface area contributed by atoms with Crippen LogP contribution in [-0.4, -0.2) is 31.3 Å². The van der Waals surface area contributed by atoms with Crippen molar-refractivity contribution in [3.63, 3.8) is 0 Å². The van der Waals surface area contributed by atoms with Crippen molar-refractivity contribution in [2.75, 3.05) is 13.2 Å². The summed E-state index contributed by atoms with van der Waals surface area (Å²) in [7, 11) is 0. The van der Waals surface area contributed by atoms with Crippen molar-refractivity contribution in [2.45, 2.75) is 57.2 Å². The fourth-order valence-electron chi connectivity index (χ4n) is 3.16. The minimum absolute atomic E-state index is 0.0266. The van der Waals surface area contributed by atoms with Crippen LogP contribution in [0.25, 0.3) is 0 Å². The number of hydrogen-bond donors (Lipinski definition) is 1. The number of carbonyl (C=O) groups excluding carboxylic acids is 1. The molecule has 120 valence electrons. The molecule has 1 atom stereocenters. The monoisotopic (exact) mass is 303 g/mol. The highest BCUT2D eigenvalue weighted by atomic mass is 16.5. The maximum absolute atomic E-state index is 11.8. The van der Waals surface area contributed by atoms with Gasteiger partial charge in [0.25, 0.3) is 0 Å². The fraction of sp³-hybridized carbons (Fsp3) is 0.611. The fourth-order valence-corrected chi connectivity index (χ4v) is 3.16. The third-order valence-corrected chi connectivity index (χ3v) is 4.46. The van der Waals surface area contributed by atoms with Gasteiger partial charge in [0.1, 0.15) is 11.9 Å². The van der Waals surface area contributed by atoms with E-state index in [0.29, 0.717) is 19.3 Å². The van der Waals surface area contributed by atoms with Crippen molar-refractivity contribution in [2.24, 2.45) is 0 Å². The number of rotatable bonds is 6. The van der Waals surface area contributed by atoms with E-state index in [1.807, 2.05) is 12.1 Å². The molecule has 1 saturated heterocycles. The maximum Gasteiger partial charge on any atom is 0.249 e. The predicted octanol–water partition coefficient (Wildman–Crippen LogP) is 2.85. The highest BCUT2D eigenvalue weighted by Gasteiger charge is 2.22. The molecule has 0 aromatic heterocycles. The van der Waals surface area contributed by atoms with Gasteiger partial charge in [-0.15, -0.1) is 0 Å². The van der Waals surface area contributed by atoms with E-state index in [1.54, 1.807) is 0 Å². The quantitative estimate of drug-likeness (QED) is 0.879. The summed E-state index contributed by atoms with van der Waals surface area (Å²) in [6.07, 6.45) is 7.76. The molecule has 0 bridgehead atoms. The van der Waals surface area contributed by atoms with E-state index in [-0.39, 0.29) is 12.0 Å². The van der Waals surface area contributed by atoms with E-state index in [0.717, 1.165) is 25.0 Å².